The Hall–Kier alpha value is -4.30. The Bertz CT molecular complexity index is 1820. The van der Waals surface area contributed by atoms with Crippen molar-refractivity contribution in [3.05, 3.63) is 83.2 Å². The Morgan fingerprint density at radius 3 is 2.57 bits per heavy atom. The van der Waals surface area contributed by atoms with Gasteiger partial charge in [0.1, 0.15) is 23.5 Å². The summed E-state index contributed by atoms with van der Waals surface area (Å²) in [4.78, 5) is 58.4. The van der Waals surface area contributed by atoms with Gasteiger partial charge in [-0.05, 0) is 55.7 Å². The van der Waals surface area contributed by atoms with Gasteiger partial charge in [0.2, 0.25) is 21.8 Å². The largest absolute Gasteiger partial charge is 0.444 e. The third kappa shape index (κ3) is 7.67. The van der Waals surface area contributed by atoms with Crippen molar-refractivity contribution in [2.45, 2.75) is 106 Å². The van der Waals surface area contributed by atoms with Crippen LogP contribution in [0.4, 0.5) is 9.18 Å². The number of carbonyl (C=O) groups excluding carboxylic acids is 4. The highest BCUT2D eigenvalue weighted by Gasteiger charge is 2.62. The van der Waals surface area contributed by atoms with Crippen LogP contribution in [-0.4, -0.2) is 77.6 Å². The van der Waals surface area contributed by atoms with Crippen molar-refractivity contribution in [1.29, 1.82) is 0 Å². The van der Waals surface area contributed by atoms with E-state index in [1.54, 1.807) is 12.1 Å². The van der Waals surface area contributed by atoms with Crippen LogP contribution in [0.3, 0.4) is 0 Å². The summed E-state index contributed by atoms with van der Waals surface area (Å²) in [5, 5.41) is 5.62. The van der Waals surface area contributed by atoms with Crippen molar-refractivity contribution < 1.29 is 36.7 Å². The number of allylic oxidation sites excluding steroid dienone is 1. The summed E-state index contributed by atoms with van der Waals surface area (Å²) in [5.41, 5.74) is 0.616. The zero-order valence-corrected chi connectivity index (χ0v) is 29.2. The summed E-state index contributed by atoms with van der Waals surface area (Å²) < 4.78 is 48.0. The standard InChI is InChI=1S/C37H44FN5O7S/c38-30-14-9-12-25-21-42(23-29(25)30)36(47)50-27-18-32-33(44)40-37(35(46)41-51(48,49)28-16-17-28)19-26(37)13-7-2-1-3-8-15-31(34(45)43(32)22-27)39-20-24-10-5-4-6-11-24/h4-7,9-14,26-28,31-32,39H,1-3,8,15-23H2,(H,40,44)(H,41,46)/b13-7-/t26-,27+,31-,32-,37+/m0/s1. The Kier molecular flexibility index (Phi) is 9.90. The molecule has 1 saturated heterocycles. The van der Waals surface area contributed by atoms with Crippen LogP contribution in [-0.2, 0) is 48.8 Å². The molecular formula is C37H44FN5O7S. The maximum Gasteiger partial charge on any atom is 0.410 e. The summed E-state index contributed by atoms with van der Waals surface area (Å²) in [7, 11) is -3.88. The van der Waals surface area contributed by atoms with Crippen molar-refractivity contribution in [2.75, 3.05) is 6.54 Å². The summed E-state index contributed by atoms with van der Waals surface area (Å²) >= 11 is 0. The fraction of sp³-hybridized carbons (Fsp3) is 0.514. The van der Waals surface area contributed by atoms with Gasteiger partial charge in [0, 0.05) is 31.0 Å². The van der Waals surface area contributed by atoms with Crippen molar-refractivity contribution >= 4 is 33.8 Å². The number of fused-ring (bicyclic) bond motifs is 3. The first-order valence-electron chi connectivity index (χ1n) is 17.9. The molecular weight excluding hydrogens is 678 g/mol. The van der Waals surface area contributed by atoms with Crippen molar-refractivity contribution in [3.8, 4) is 0 Å². The Morgan fingerprint density at radius 1 is 1.00 bits per heavy atom. The van der Waals surface area contributed by atoms with Gasteiger partial charge in [-0.1, -0.05) is 67.5 Å². The topological polar surface area (TPSA) is 154 Å². The summed E-state index contributed by atoms with van der Waals surface area (Å²) in [6.45, 7) is 0.588. The van der Waals surface area contributed by atoms with Crippen LogP contribution < -0.4 is 15.4 Å². The Morgan fingerprint density at radius 2 is 1.80 bits per heavy atom. The highest BCUT2D eigenvalue weighted by Crippen LogP contribution is 2.46. The van der Waals surface area contributed by atoms with Crippen LogP contribution in [0.5, 0.6) is 0 Å². The minimum Gasteiger partial charge on any atom is -0.444 e. The molecule has 51 heavy (non-hydrogen) atoms. The van der Waals surface area contributed by atoms with E-state index < -0.39 is 68.6 Å². The Labute approximate surface area is 297 Å². The number of halogens is 1. The summed E-state index contributed by atoms with van der Waals surface area (Å²) in [6, 6.07) is 12.6. The fourth-order valence-electron chi connectivity index (χ4n) is 7.47. The molecule has 12 nitrogen and oxygen atoms in total. The summed E-state index contributed by atoms with van der Waals surface area (Å²) in [5.74, 6) is -2.55. The first-order chi connectivity index (χ1) is 24.5. The molecule has 2 aliphatic carbocycles. The molecule has 2 aromatic rings. The number of amides is 4. The lowest BCUT2D eigenvalue weighted by Gasteiger charge is -2.30. The predicted molar refractivity (Wildman–Crippen MR) is 184 cm³/mol. The fourth-order valence-corrected chi connectivity index (χ4v) is 8.83. The van der Waals surface area contributed by atoms with Crippen LogP contribution in [0.25, 0.3) is 0 Å². The lowest BCUT2D eigenvalue weighted by atomic mass is 10.0. The van der Waals surface area contributed by atoms with Gasteiger partial charge in [0.25, 0.3) is 5.91 Å². The molecule has 272 valence electrons. The van der Waals surface area contributed by atoms with Gasteiger partial charge in [0.05, 0.1) is 24.4 Å². The minimum absolute atomic E-state index is 0.0254. The number of nitrogens with zero attached hydrogens (tertiary/aromatic N) is 2. The van der Waals surface area contributed by atoms with E-state index in [1.807, 2.05) is 42.5 Å². The normalized spacial score (nSPS) is 28.7. The second-order valence-corrected chi connectivity index (χ2v) is 16.4. The number of benzene rings is 2. The molecule has 5 atom stereocenters. The number of sulfonamides is 1. The molecule has 7 rings (SSSR count). The van der Waals surface area contributed by atoms with E-state index in [1.165, 1.54) is 15.9 Å². The van der Waals surface area contributed by atoms with E-state index in [-0.39, 0.29) is 38.4 Å². The van der Waals surface area contributed by atoms with Gasteiger partial charge < -0.3 is 20.3 Å². The zero-order chi connectivity index (χ0) is 35.8. The third-order valence-electron chi connectivity index (χ3n) is 10.7. The number of rotatable bonds is 7. The quantitative estimate of drug-likeness (QED) is 0.368. The highest BCUT2D eigenvalue weighted by atomic mass is 32.2. The molecule has 2 aromatic carbocycles. The number of carbonyl (C=O) groups is 4. The Balaban J connectivity index is 1.13. The van der Waals surface area contributed by atoms with Crippen LogP contribution in [0.1, 0.15) is 74.5 Å². The van der Waals surface area contributed by atoms with Gasteiger partial charge in [0.15, 0.2) is 0 Å². The van der Waals surface area contributed by atoms with Crippen molar-refractivity contribution in [1.82, 2.24) is 25.2 Å². The number of hydrogen-bond acceptors (Lipinski definition) is 8. The van der Waals surface area contributed by atoms with Crippen LogP contribution in [0, 0.1) is 11.7 Å². The highest BCUT2D eigenvalue weighted by molar-refractivity contribution is 7.91. The monoisotopic (exact) mass is 721 g/mol. The van der Waals surface area contributed by atoms with Crippen LogP contribution in [0.2, 0.25) is 0 Å². The molecule has 3 N–H and O–H groups in total. The molecule has 4 amide bonds. The van der Waals surface area contributed by atoms with E-state index >= 15 is 0 Å². The van der Waals surface area contributed by atoms with Gasteiger partial charge in [-0.2, -0.15) is 0 Å². The maximum atomic E-state index is 14.4. The number of nitrogens with one attached hydrogen (secondary N) is 3. The molecule has 5 aliphatic rings. The van der Waals surface area contributed by atoms with Gasteiger partial charge >= 0.3 is 6.09 Å². The van der Waals surface area contributed by atoms with E-state index in [4.69, 9.17) is 4.74 Å². The molecule has 0 unspecified atom stereocenters. The SMILES string of the molecule is O=C1N[C@]2(C(=O)NS(=O)(=O)C3CC3)C[C@@H]2/C=C\CCCCC[C@H](NCc2ccccc2)C(=O)N2C[C@H](OC(=O)N3Cc4cccc(F)c4C3)C[C@@H]12. The smallest absolute Gasteiger partial charge is 0.410 e. The molecule has 0 aromatic heterocycles. The van der Waals surface area contributed by atoms with Crippen LogP contribution in [0.15, 0.2) is 60.7 Å². The minimum atomic E-state index is -3.88. The van der Waals surface area contributed by atoms with Crippen LogP contribution >= 0.6 is 0 Å². The van der Waals surface area contributed by atoms with Crippen molar-refractivity contribution in [2.24, 2.45) is 5.92 Å². The molecule has 0 radical (unpaired) electrons. The maximum absolute atomic E-state index is 14.4. The average Bonchev–Trinajstić information content (AvgIpc) is 3.99. The van der Waals surface area contributed by atoms with E-state index in [9.17, 15) is 32.0 Å². The van der Waals surface area contributed by atoms with Gasteiger partial charge in [-0.25, -0.2) is 17.6 Å². The molecule has 3 fully saturated rings. The first kappa shape index (κ1) is 35.1. The molecule has 14 heteroatoms. The number of ether oxygens (including phenoxy) is 1. The second-order valence-electron chi connectivity index (χ2n) is 14.4. The molecule has 0 bridgehead atoms. The van der Waals surface area contributed by atoms with E-state index in [0.29, 0.717) is 36.9 Å². The van der Waals surface area contributed by atoms with Gasteiger partial charge in [-0.3, -0.25) is 24.0 Å². The van der Waals surface area contributed by atoms with Gasteiger partial charge in [-0.15, -0.1) is 0 Å². The van der Waals surface area contributed by atoms with E-state index in [0.717, 1.165) is 31.2 Å². The predicted octanol–water partition coefficient (Wildman–Crippen LogP) is 3.41. The first-order valence-corrected chi connectivity index (χ1v) is 19.4. The number of hydrogen-bond donors (Lipinski definition) is 3. The average molecular weight is 722 g/mol. The molecule has 3 heterocycles. The second kappa shape index (κ2) is 14.4. The summed E-state index contributed by atoms with van der Waals surface area (Å²) in [6.07, 6.45) is 7.19. The lowest BCUT2D eigenvalue weighted by molar-refractivity contribution is -0.141. The molecule has 0 spiro atoms. The van der Waals surface area contributed by atoms with E-state index in [2.05, 4.69) is 15.4 Å². The van der Waals surface area contributed by atoms with Crippen molar-refractivity contribution in [3.63, 3.8) is 0 Å². The third-order valence-corrected chi connectivity index (χ3v) is 12.5. The lowest BCUT2D eigenvalue weighted by Crippen LogP contribution is -2.58. The zero-order valence-electron chi connectivity index (χ0n) is 28.4. The molecule has 2 saturated carbocycles. The molecule has 3 aliphatic heterocycles.